The van der Waals surface area contributed by atoms with Gasteiger partial charge in [0.25, 0.3) is 5.91 Å². The van der Waals surface area contributed by atoms with E-state index in [1.165, 1.54) is 18.1 Å². The topological polar surface area (TPSA) is 78.4 Å². The van der Waals surface area contributed by atoms with Crippen molar-refractivity contribution in [3.63, 3.8) is 0 Å². The van der Waals surface area contributed by atoms with Crippen molar-refractivity contribution in [3.05, 3.63) is 46.2 Å². The lowest BCUT2D eigenvalue weighted by Crippen LogP contribution is -2.36. The summed E-state index contributed by atoms with van der Waals surface area (Å²) >= 11 is 12.1. The highest BCUT2D eigenvalue weighted by Gasteiger charge is 2.21. The van der Waals surface area contributed by atoms with Crippen LogP contribution in [0, 0.1) is 0 Å². The standard InChI is InChI=1S/C18H21Cl2N5O2/c1-4-25(5-2)18-21-10-13(20)16(23-18)17(27)24(3)11-15(26)22-14-9-7-6-8-12(14)19/h6-10H,4-5,11H2,1-3H3,(H,22,26). The SMILES string of the molecule is CCN(CC)c1ncc(Cl)c(C(=O)N(C)CC(=O)Nc2ccccc2Cl)n1. The molecule has 1 aromatic heterocycles. The predicted molar refractivity (Wildman–Crippen MR) is 108 cm³/mol. The van der Waals surface area contributed by atoms with Crippen molar-refractivity contribution >= 4 is 46.7 Å². The first kappa shape index (κ1) is 20.9. The lowest BCUT2D eigenvalue weighted by molar-refractivity contribution is -0.116. The minimum Gasteiger partial charge on any atom is -0.341 e. The van der Waals surface area contributed by atoms with Crippen LogP contribution < -0.4 is 10.2 Å². The molecule has 144 valence electrons. The number of nitrogens with one attached hydrogen (secondary N) is 1. The number of anilines is 2. The molecular formula is C18H21Cl2N5O2. The number of nitrogens with zero attached hydrogens (tertiary/aromatic N) is 4. The molecule has 0 radical (unpaired) electrons. The van der Waals surface area contributed by atoms with E-state index in [1.54, 1.807) is 24.3 Å². The molecule has 0 aliphatic carbocycles. The van der Waals surface area contributed by atoms with Gasteiger partial charge in [0.05, 0.1) is 28.5 Å². The van der Waals surface area contributed by atoms with Gasteiger partial charge in [-0.15, -0.1) is 0 Å². The Bertz CT molecular complexity index is 827. The first-order chi connectivity index (χ1) is 12.9. The number of hydrogen-bond acceptors (Lipinski definition) is 5. The van der Waals surface area contributed by atoms with Crippen LogP contribution in [0.5, 0.6) is 0 Å². The van der Waals surface area contributed by atoms with E-state index in [9.17, 15) is 9.59 Å². The van der Waals surface area contributed by atoms with Crippen molar-refractivity contribution < 1.29 is 9.59 Å². The minimum atomic E-state index is -0.467. The summed E-state index contributed by atoms with van der Waals surface area (Å²) in [7, 11) is 1.50. The van der Waals surface area contributed by atoms with Crippen molar-refractivity contribution in [1.29, 1.82) is 0 Å². The molecule has 0 saturated heterocycles. The Hall–Kier alpha value is -2.38. The van der Waals surface area contributed by atoms with Gasteiger partial charge in [0, 0.05) is 20.1 Å². The maximum Gasteiger partial charge on any atom is 0.274 e. The van der Waals surface area contributed by atoms with Crippen LogP contribution in [-0.2, 0) is 4.79 Å². The molecule has 0 aliphatic rings. The Morgan fingerprint density at radius 1 is 1.11 bits per heavy atom. The largest absolute Gasteiger partial charge is 0.341 e. The lowest BCUT2D eigenvalue weighted by atomic mass is 10.3. The fourth-order valence-electron chi connectivity index (χ4n) is 2.39. The third kappa shape index (κ3) is 5.30. The van der Waals surface area contributed by atoms with Crippen molar-refractivity contribution in [2.24, 2.45) is 0 Å². The highest BCUT2D eigenvalue weighted by Crippen LogP contribution is 2.21. The van der Waals surface area contributed by atoms with E-state index >= 15 is 0 Å². The molecule has 2 rings (SSSR count). The summed E-state index contributed by atoms with van der Waals surface area (Å²) in [6.07, 6.45) is 1.40. The summed E-state index contributed by atoms with van der Waals surface area (Å²) in [5.74, 6) is -0.431. The van der Waals surface area contributed by atoms with E-state index in [1.807, 2.05) is 18.7 Å². The molecule has 0 fully saturated rings. The third-order valence-electron chi connectivity index (χ3n) is 3.86. The van der Waals surface area contributed by atoms with Crippen molar-refractivity contribution in [2.75, 3.05) is 36.9 Å². The van der Waals surface area contributed by atoms with E-state index in [0.717, 1.165) is 0 Å². The van der Waals surface area contributed by atoms with Gasteiger partial charge in [-0.2, -0.15) is 0 Å². The highest BCUT2D eigenvalue weighted by atomic mass is 35.5. The summed E-state index contributed by atoms with van der Waals surface area (Å²) in [4.78, 5) is 36.5. The van der Waals surface area contributed by atoms with Crippen LogP contribution >= 0.6 is 23.2 Å². The first-order valence-electron chi connectivity index (χ1n) is 8.44. The molecule has 1 aromatic carbocycles. The predicted octanol–water partition coefficient (Wildman–Crippen LogP) is 3.34. The minimum absolute atomic E-state index is 0.0570. The van der Waals surface area contributed by atoms with Crippen molar-refractivity contribution in [3.8, 4) is 0 Å². The van der Waals surface area contributed by atoms with Crippen LogP contribution in [0.1, 0.15) is 24.3 Å². The van der Waals surface area contributed by atoms with Gasteiger partial charge < -0.3 is 15.1 Å². The van der Waals surface area contributed by atoms with Crippen LogP contribution in [-0.4, -0.2) is 53.4 Å². The Balaban J connectivity index is 2.11. The summed E-state index contributed by atoms with van der Waals surface area (Å²) < 4.78 is 0. The molecule has 1 heterocycles. The van der Waals surface area contributed by atoms with Crippen molar-refractivity contribution in [1.82, 2.24) is 14.9 Å². The molecule has 0 aliphatic heterocycles. The molecule has 9 heteroatoms. The van der Waals surface area contributed by atoms with Crippen molar-refractivity contribution in [2.45, 2.75) is 13.8 Å². The number of halogens is 2. The van der Waals surface area contributed by atoms with E-state index in [2.05, 4.69) is 15.3 Å². The molecule has 7 nitrogen and oxygen atoms in total. The number of carbonyl (C=O) groups is 2. The van der Waals surface area contributed by atoms with Crippen LogP contribution in [0.3, 0.4) is 0 Å². The number of rotatable bonds is 7. The van der Waals surface area contributed by atoms with Gasteiger partial charge in [-0.3, -0.25) is 9.59 Å². The zero-order chi connectivity index (χ0) is 20.0. The van der Waals surface area contributed by atoms with Crippen LogP contribution in [0.2, 0.25) is 10.0 Å². The second kappa shape index (κ2) is 9.53. The fraction of sp³-hybridized carbons (Fsp3) is 0.333. The number of carbonyl (C=O) groups excluding carboxylic acids is 2. The Morgan fingerprint density at radius 2 is 1.78 bits per heavy atom. The molecule has 27 heavy (non-hydrogen) atoms. The third-order valence-corrected chi connectivity index (χ3v) is 4.46. The van der Waals surface area contributed by atoms with E-state index in [-0.39, 0.29) is 23.2 Å². The molecule has 1 N–H and O–H groups in total. The fourth-order valence-corrected chi connectivity index (χ4v) is 2.74. The Kier molecular flexibility index (Phi) is 7.38. The van der Waals surface area contributed by atoms with Gasteiger partial charge in [-0.1, -0.05) is 35.3 Å². The molecule has 0 spiro atoms. The molecule has 0 bridgehead atoms. The molecule has 2 aromatic rings. The van der Waals surface area contributed by atoms with Gasteiger partial charge in [0.15, 0.2) is 5.69 Å². The number of hydrogen-bond donors (Lipinski definition) is 1. The van der Waals surface area contributed by atoms with Gasteiger partial charge in [0.2, 0.25) is 11.9 Å². The second-order valence-corrected chi connectivity index (χ2v) is 6.54. The monoisotopic (exact) mass is 409 g/mol. The summed E-state index contributed by atoms with van der Waals surface area (Å²) in [5, 5.41) is 3.22. The normalized spacial score (nSPS) is 10.4. The zero-order valence-corrected chi connectivity index (χ0v) is 16.9. The van der Waals surface area contributed by atoms with Gasteiger partial charge >= 0.3 is 0 Å². The average molecular weight is 410 g/mol. The van der Waals surface area contributed by atoms with Gasteiger partial charge in [0.1, 0.15) is 0 Å². The Labute approximate surface area is 168 Å². The number of para-hydroxylation sites is 1. The molecule has 0 unspecified atom stereocenters. The number of benzene rings is 1. The molecule has 2 amide bonds. The van der Waals surface area contributed by atoms with Crippen LogP contribution in [0.25, 0.3) is 0 Å². The van der Waals surface area contributed by atoms with E-state index in [0.29, 0.717) is 29.7 Å². The lowest BCUT2D eigenvalue weighted by Gasteiger charge is -2.21. The van der Waals surface area contributed by atoms with E-state index < -0.39 is 5.91 Å². The average Bonchev–Trinajstić information content (AvgIpc) is 2.65. The maximum absolute atomic E-state index is 12.7. The number of likely N-dealkylation sites (N-methyl/N-ethyl adjacent to an activating group) is 1. The Morgan fingerprint density at radius 3 is 2.41 bits per heavy atom. The van der Waals surface area contributed by atoms with E-state index in [4.69, 9.17) is 23.2 Å². The summed E-state index contributed by atoms with van der Waals surface area (Å²) in [6, 6.07) is 6.87. The smallest absolute Gasteiger partial charge is 0.274 e. The highest BCUT2D eigenvalue weighted by molar-refractivity contribution is 6.34. The summed E-state index contributed by atoms with van der Waals surface area (Å²) in [6.45, 7) is 5.15. The molecule has 0 saturated carbocycles. The molecule has 0 atom stereocenters. The number of aromatic nitrogens is 2. The van der Waals surface area contributed by atoms with Crippen LogP contribution in [0.4, 0.5) is 11.6 Å². The van der Waals surface area contributed by atoms with Crippen LogP contribution in [0.15, 0.2) is 30.5 Å². The first-order valence-corrected chi connectivity index (χ1v) is 9.20. The number of amides is 2. The quantitative estimate of drug-likeness (QED) is 0.758. The van der Waals surface area contributed by atoms with Gasteiger partial charge in [-0.05, 0) is 26.0 Å². The maximum atomic E-state index is 12.7. The zero-order valence-electron chi connectivity index (χ0n) is 15.4. The second-order valence-electron chi connectivity index (χ2n) is 5.73. The molecular weight excluding hydrogens is 389 g/mol. The van der Waals surface area contributed by atoms with Gasteiger partial charge in [-0.25, -0.2) is 9.97 Å². The summed E-state index contributed by atoms with van der Waals surface area (Å²) in [5.41, 5.74) is 0.538.